The third kappa shape index (κ3) is 12.6. The molecule has 0 fully saturated rings. The van der Waals surface area contributed by atoms with Crippen molar-refractivity contribution in [2.75, 3.05) is 0 Å². The van der Waals surface area contributed by atoms with E-state index in [1.165, 1.54) is 242 Å². The van der Waals surface area contributed by atoms with Crippen LogP contribution in [0.15, 0.2) is 466 Å². The van der Waals surface area contributed by atoms with Gasteiger partial charge in [-0.25, -0.2) is 0 Å². The third-order valence-corrected chi connectivity index (χ3v) is 30.3. The first-order valence-corrected chi connectivity index (χ1v) is 46.6. The smallest absolute Gasteiger partial charge is 0.0715 e. The molecule has 24 aromatic rings. The molecule has 0 amide bonds. The van der Waals surface area contributed by atoms with Crippen LogP contribution in [0.2, 0.25) is 0 Å². The van der Waals surface area contributed by atoms with E-state index in [0.29, 0.717) is 11.8 Å². The summed E-state index contributed by atoms with van der Waals surface area (Å²) in [4.78, 5) is 14.7. The van der Waals surface area contributed by atoms with Crippen molar-refractivity contribution in [2.24, 2.45) is 11.8 Å². The predicted octanol–water partition coefficient (Wildman–Crippen LogP) is 34.7. The van der Waals surface area contributed by atoms with Gasteiger partial charge in [-0.15, -0.1) is 34.0 Å². The highest BCUT2D eigenvalue weighted by Gasteiger charge is 2.38. The van der Waals surface area contributed by atoms with Crippen molar-refractivity contribution in [3.05, 3.63) is 471 Å². The molecule has 0 spiro atoms. The molecule has 28 rings (SSSR count). The number of hydrogen-bond acceptors (Lipinski definition) is 6. The number of thiophene rings is 3. The molecule has 2 unspecified atom stereocenters. The summed E-state index contributed by atoms with van der Waals surface area (Å²) in [6.45, 7) is 0. The second-order valence-corrected chi connectivity index (χ2v) is 37.5. The van der Waals surface area contributed by atoms with Gasteiger partial charge in [0.15, 0.2) is 0 Å². The van der Waals surface area contributed by atoms with Crippen LogP contribution in [0, 0.1) is 11.8 Å². The van der Waals surface area contributed by atoms with Crippen LogP contribution >= 0.6 is 34.0 Å². The summed E-state index contributed by atoms with van der Waals surface area (Å²) in [5, 5.41) is 24.2. The standard InChI is InChI=1S/C45H27NS.C41H25NS.C37H23NS/c1-2-11-29-24-33(21-20-28(29)10-1)44-36-16-5-3-14-34(36)43(35-15-4-6-17-37(35)44)32-13-9-12-30(25-32)31-22-23-38-40(26-31)46-27-42-45(38)39-18-7-8-19-41(39)47-42;1-2-11-26(12-3-1)39-30-15-4-6-17-32(30)40(33-18-7-5-16-31(33)39)29-14-10-13-27(23-29)28-21-22-34-36(24-28)42-25-38-41(34)35-19-8-9-20-37(35)43-38;1-2-10-33-31(9-1)37-30-16-15-26(20-32(30)38-21-34(37)39-33)24-7-4-8-25(17-24)29-18-27-13-11-22-5-3-6-23-12-14-28(19-29)36(27)35(22)23/h1-27H;1-25H;1-21,35-36H. The number of benzene rings is 18. The quantitative estimate of drug-likeness (QED) is 0.142. The molecule has 2 atom stereocenters. The molecule has 600 valence electrons. The monoisotopic (exact) mass is 1690 g/mol. The molecular weight excluding hydrogens is 1620 g/mol. The average molecular weight is 1690 g/mol. The van der Waals surface area contributed by atoms with Crippen LogP contribution in [0.25, 0.3) is 231 Å². The van der Waals surface area contributed by atoms with Crippen LogP contribution in [0.5, 0.6) is 0 Å². The number of nitrogens with zero attached hydrogens (tertiary/aromatic N) is 3. The van der Waals surface area contributed by atoms with Gasteiger partial charge in [-0.1, -0.05) is 364 Å². The van der Waals surface area contributed by atoms with Crippen molar-refractivity contribution in [1.29, 1.82) is 0 Å². The minimum absolute atomic E-state index is 0.426. The van der Waals surface area contributed by atoms with Crippen molar-refractivity contribution in [1.82, 2.24) is 15.0 Å². The van der Waals surface area contributed by atoms with Crippen LogP contribution in [0.3, 0.4) is 0 Å². The fourth-order valence-corrected chi connectivity index (χ4v) is 24.5. The summed E-state index contributed by atoms with van der Waals surface area (Å²) in [6, 6.07) is 135. The molecule has 6 heterocycles. The zero-order valence-corrected chi connectivity index (χ0v) is 72.3. The fourth-order valence-electron chi connectivity index (χ4n) is 21.2. The van der Waals surface area contributed by atoms with Crippen LogP contribution in [-0.4, -0.2) is 15.0 Å². The van der Waals surface area contributed by atoms with Gasteiger partial charge in [-0.3, -0.25) is 15.0 Å². The number of rotatable bonds is 8. The highest BCUT2D eigenvalue weighted by molar-refractivity contribution is 7.26. The summed E-state index contributed by atoms with van der Waals surface area (Å²) in [5.41, 5.74) is 28.5. The van der Waals surface area contributed by atoms with Crippen molar-refractivity contribution >= 4 is 187 Å². The first-order chi connectivity index (χ1) is 63.9. The summed E-state index contributed by atoms with van der Waals surface area (Å²) < 4.78 is 7.65. The Morgan fingerprint density at radius 1 is 0.194 bits per heavy atom. The molecule has 0 aliphatic heterocycles. The number of allylic oxidation sites excluding steroid dienone is 14. The van der Waals surface area contributed by atoms with E-state index >= 15 is 0 Å². The highest BCUT2D eigenvalue weighted by atomic mass is 32.1. The van der Waals surface area contributed by atoms with Crippen molar-refractivity contribution in [3.63, 3.8) is 0 Å². The topological polar surface area (TPSA) is 38.7 Å². The lowest BCUT2D eigenvalue weighted by Gasteiger charge is -2.40. The van der Waals surface area contributed by atoms with Crippen LogP contribution in [0.4, 0.5) is 0 Å². The SMILES string of the molecule is C1=CC2=CC=C3C=C(c4cccc(-c5ccc6c(c5)ncc5sc7ccccc7c56)c4)C=C4C=CC(=C1)C2C34.c1cc(-c2ccc3c(c2)ncc2sc4ccccc4c23)cc(-c2c3ccccc3c(-c3ccc4ccccc4c3)c3ccccc23)c1.c1ccc(-c2c3ccccc3c(-c3cccc(-c4ccc5c(c4)ncc4sc6ccccc6c45)c3)c3ccccc23)cc1. The molecule has 0 N–H and O–H groups in total. The summed E-state index contributed by atoms with van der Waals surface area (Å²) in [5.74, 6) is 0.877. The van der Waals surface area contributed by atoms with E-state index in [1.807, 2.05) is 52.6 Å². The molecule has 0 radical (unpaired) electrons. The van der Waals surface area contributed by atoms with Gasteiger partial charge in [0.1, 0.15) is 0 Å². The summed E-state index contributed by atoms with van der Waals surface area (Å²) in [7, 11) is 0. The van der Waals surface area contributed by atoms with Gasteiger partial charge in [0.05, 0.1) is 30.6 Å². The summed E-state index contributed by atoms with van der Waals surface area (Å²) in [6.07, 6.45) is 26.9. The molecule has 3 nitrogen and oxygen atoms in total. The minimum Gasteiger partial charge on any atom is -0.255 e. The van der Waals surface area contributed by atoms with E-state index in [9.17, 15) is 0 Å². The Bertz CT molecular complexity index is 9040. The van der Waals surface area contributed by atoms with Crippen LogP contribution in [-0.2, 0) is 0 Å². The molecule has 4 aliphatic rings. The van der Waals surface area contributed by atoms with Crippen LogP contribution < -0.4 is 0 Å². The van der Waals surface area contributed by atoms with E-state index in [1.54, 1.807) is 0 Å². The molecule has 0 saturated carbocycles. The zero-order chi connectivity index (χ0) is 84.7. The number of pyridine rings is 3. The minimum atomic E-state index is 0.426. The Balaban J connectivity index is 0.000000103. The Kier molecular flexibility index (Phi) is 17.7. The van der Waals surface area contributed by atoms with Gasteiger partial charge in [0.2, 0.25) is 0 Å². The van der Waals surface area contributed by atoms with Crippen molar-refractivity contribution in [3.8, 4) is 77.9 Å². The van der Waals surface area contributed by atoms with E-state index in [0.717, 1.165) is 16.6 Å². The largest absolute Gasteiger partial charge is 0.255 e. The molecule has 129 heavy (non-hydrogen) atoms. The number of fused-ring (bicyclic) bond motifs is 20. The zero-order valence-electron chi connectivity index (χ0n) is 69.9. The van der Waals surface area contributed by atoms with Gasteiger partial charge < -0.3 is 0 Å². The molecule has 6 aromatic heterocycles. The molecule has 6 heteroatoms. The van der Waals surface area contributed by atoms with Gasteiger partial charge >= 0.3 is 0 Å². The fraction of sp³-hybridized carbons (Fsp3) is 0.0163. The molecule has 4 aliphatic carbocycles. The molecule has 0 saturated heterocycles. The Labute approximate surface area is 756 Å². The molecule has 18 aromatic carbocycles. The third-order valence-electron chi connectivity index (χ3n) is 27.0. The normalized spacial score (nSPS) is 14.5. The van der Waals surface area contributed by atoms with Gasteiger partial charge in [0.25, 0.3) is 0 Å². The highest BCUT2D eigenvalue weighted by Crippen LogP contribution is 2.53. The molecule has 0 bridgehead atoms. The van der Waals surface area contributed by atoms with E-state index in [4.69, 9.17) is 15.0 Å². The average Bonchev–Trinajstić information content (AvgIpc) is 1.70. The van der Waals surface area contributed by atoms with E-state index in [2.05, 4.69) is 425 Å². The maximum atomic E-state index is 4.92. The lowest BCUT2D eigenvalue weighted by atomic mass is 9.64. The lowest BCUT2D eigenvalue weighted by Crippen LogP contribution is -2.28. The van der Waals surface area contributed by atoms with Gasteiger partial charge in [0, 0.05) is 93.0 Å². The Morgan fingerprint density at radius 3 is 0.977 bits per heavy atom. The van der Waals surface area contributed by atoms with Crippen molar-refractivity contribution in [2.45, 2.75) is 0 Å². The second kappa shape index (κ2) is 30.6. The van der Waals surface area contributed by atoms with E-state index < -0.39 is 0 Å². The second-order valence-electron chi connectivity index (χ2n) is 34.2. The van der Waals surface area contributed by atoms with Gasteiger partial charge in [-0.2, -0.15) is 0 Å². The number of aromatic nitrogens is 3. The summed E-state index contributed by atoms with van der Waals surface area (Å²) >= 11 is 5.45. The first kappa shape index (κ1) is 74.7. The lowest BCUT2D eigenvalue weighted by molar-refractivity contribution is 0.565. The predicted molar refractivity (Wildman–Crippen MR) is 555 cm³/mol. The molecular formula is C123H75N3S3. The van der Waals surface area contributed by atoms with Crippen LogP contribution in [0.1, 0.15) is 5.56 Å². The van der Waals surface area contributed by atoms with E-state index in [-0.39, 0.29) is 0 Å². The Hall–Kier alpha value is -15.7. The maximum absolute atomic E-state index is 4.92. The number of hydrogen-bond donors (Lipinski definition) is 0. The Morgan fingerprint density at radius 2 is 0.519 bits per heavy atom. The van der Waals surface area contributed by atoms with Gasteiger partial charge in [-0.05, 0) is 226 Å². The maximum Gasteiger partial charge on any atom is 0.0715 e. The van der Waals surface area contributed by atoms with Crippen molar-refractivity contribution < 1.29 is 0 Å². The first-order valence-electron chi connectivity index (χ1n) is 44.2.